The number of piperidine rings is 1. The molecule has 1 aliphatic carbocycles. The van der Waals surface area contributed by atoms with Crippen molar-refractivity contribution < 1.29 is 14.0 Å². The predicted molar refractivity (Wildman–Crippen MR) is 173 cm³/mol. The van der Waals surface area contributed by atoms with Gasteiger partial charge in [-0.05, 0) is 117 Å². The molecule has 5 nitrogen and oxygen atoms in total. The molecule has 2 heterocycles. The predicted octanol–water partition coefficient (Wildman–Crippen LogP) is 8.79. The minimum Gasteiger partial charge on any atom is -0.459 e. The molecule has 1 N–H and O–H groups in total. The van der Waals surface area contributed by atoms with Crippen molar-refractivity contribution in [3.05, 3.63) is 118 Å². The number of carbonyl (C=O) groups is 2. The quantitative estimate of drug-likeness (QED) is 0.186. The van der Waals surface area contributed by atoms with Gasteiger partial charge in [-0.1, -0.05) is 54.1 Å². The number of Topliss-reactive ketones (excluding diaryl/α,β-unsaturated/α-hetero) is 1. The Morgan fingerprint density at radius 2 is 1.72 bits per heavy atom. The second kappa shape index (κ2) is 13.2. The van der Waals surface area contributed by atoms with Gasteiger partial charge in [-0.15, -0.1) is 0 Å². The van der Waals surface area contributed by atoms with Crippen molar-refractivity contribution >= 4 is 34.7 Å². The van der Waals surface area contributed by atoms with Crippen LogP contribution in [0.4, 0.5) is 11.4 Å². The van der Waals surface area contributed by atoms with Crippen LogP contribution in [0.1, 0.15) is 69.7 Å². The Balaban J connectivity index is 1.13. The summed E-state index contributed by atoms with van der Waals surface area (Å²) in [6.45, 7) is 4.30. The highest BCUT2D eigenvalue weighted by Gasteiger charge is 2.37. The molecule has 6 rings (SSSR count). The van der Waals surface area contributed by atoms with Crippen molar-refractivity contribution in [1.82, 2.24) is 0 Å². The van der Waals surface area contributed by atoms with E-state index < -0.39 is 0 Å². The fourth-order valence-electron chi connectivity index (χ4n) is 6.69. The van der Waals surface area contributed by atoms with E-state index in [1.807, 2.05) is 42.5 Å². The van der Waals surface area contributed by atoms with Gasteiger partial charge < -0.3 is 14.6 Å². The molecule has 1 amide bonds. The first-order valence-corrected chi connectivity index (χ1v) is 15.9. The number of nitrogens with zero attached hydrogens (tertiary/aromatic N) is 1. The molecule has 2 unspecified atom stereocenters. The largest absolute Gasteiger partial charge is 0.459 e. The van der Waals surface area contributed by atoms with Gasteiger partial charge in [0.15, 0.2) is 11.5 Å². The summed E-state index contributed by atoms with van der Waals surface area (Å²) in [7, 11) is 0. The Hall–Kier alpha value is -3.83. The van der Waals surface area contributed by atoms with E-state index in [0.717, 1.165) is 68.6 Å². The van der Waals surface area contributed by atoms with Gasteiger partial charge in [0, 0.05) is 41.0 Å². The monoisotopic (exact) mass is 594 g/mol. The standard InChI is InChI=1S/C37H39ClN2O3/c1-25-5-2-3-6-34(25)40-20-18-26(19-21-40)8-11-28-12-13-30(24-33(28)39-37(42)35-7-4-22-43-35)36(41)32-17-14-29(32)23-27-9-15-31(38)16-10-27/h2-7,9-10,12-13,15-16,22,24,26,29,32H,8,11,14,17-21,23H2,1H3,(H,39,42). The van der Waals surface area contributed by atoms with E-state index in [2.05, 4.69) is 41.4 Å². The fraction of sp³-hybridized carbons (Fsp3) is 0.351. The fourth-order valence-corrected chi connectivity index (χ4v) is 6.82. The van der Waals surface area contributed by atoms with Crippen molar-refractivity contribution in [1.29, 1.82) is 0 Å². The van der Waals surface area contributed by atoms with Crippen LogP contribution in [0.15, 0.2) is 89.5 Å². The smallest absolute Gasteiger partial charge is 0.291 e. The normalized spacial score (nSPS) is 18.7. The van der Waals surface area contributed by atoms with Crippen LogP contribution in [0.25, 0.3) is 0 Å². The molecule has 1 saturated heterocycles. The van der Waals surface area contributed by atoms with Gasteiger partial charge in [0.2, 0.25) is 0 Å². The zero-order valence-electron chi connectivity index (χ0n) is 24.7. The zero-order chi connectivity index (χ0) is 29.8. The number of aryl methyl sites for hydroxylation is 2. The Morgan fingerprint density at radius 1 is 0.930 bits per heavy atom. The number of rotatable bonds is 10. The lowest BCUT2D eigenvalue weighted by Gasteiger charge is -2.36. The summed E-state index contributed by atoms with van der Waals surface area (Å²) in [5, 5.41) is 3.78. The molecule has 43 heavy (non-hydrogen) atoms. The summed E-state index contributed by atoms with van der Waals surface area (Å²) in [6.07, 6.45) is 8.50. The summed E-state index contributed by atoms with van der Waals surface area (Å²) in [5.41, 5.74) is 6.30. The second-order valence-corrected chi connectivity index (χ2v) is 12.6. The summed E-state index contributed by atoms with van der Waals surface area (Å²) < 4.78 is 5.35. The van der Waals surface area contributed by atoms with Gasteiger partial charge >= 0.3 is 0 Å². The van der Waals surface area contributed by atoms with E-state index >= 15 is 0 Å². The molecule has 2 atom stereocenters. The number of nitrogens with one attached hydrogen (secondary N) is 1. The maximum absolute atomic E-state index is 13.7. The molecular formula is C37H39ClN2O3. The second-order valence-electron chi connectivity index (χ2n) is 12.2. The molecule has 6 heteroatoms. The van der Waals surface area contributed by atoms with E-state index in [1.165, 1.54) is 23.1 Å². The molecule has 0 bridgehead atoms. The number of anilines is 2. The van der Waals surface area contributed by atoms with Gasteiger partial charge in [-0.3, -0.25) is 9.59 Å². The number of carbonyl (C=O) groups excluding carboxylic acids is 2. The van der Waals surface area contributed by atoms with Crippen molar-refractivity contribution in [2.75, 3.05) is 23.3 Å². The van der Waals surface area contributed by atoms with E-state index in [1.54, 1.807) is 12.1 Å². The van der Waals surface area contributed by atoms with Gasteiger partial charge in [0.1, 0.15) is 0 Å². The van der Waals surface area contributed by atoms with Crippen molar-refractivity contribution in [2.24, 2.45) is 17.8 Å². The molecular weight excluding hydrogens is 556 g/mol. The lowest BCUT2D eigenvalue weighted by atomic mass is 9.67. The third kappa shape index (κ3) is 6.88. The average Bonchev–Trinajstić information content (AvgIpc) is 3.56. The number of hydrogen-bond acceptors (Lipinski definition) is 4. The Bertz CT molecular complexity index is 1560. The zero-order valence-corrected chi connectivity index (χ0v) is 25.5. The van der Waals surface area contributed by atoms with Crippen molar-refractivity contribution in [3.8, 4) is 0 Å². The van der Waals surface area contributed by atoms with E-state index in [4.69, 9.17) is 16.0 Å². The summed E-state index contributed by atoms with van der Waals surface area (Å²) in [5.74, 6) is 1.06. The summed E-state index contributed by atoms with van der Waals surface area (Å²) in [4.78, 5) is 29.2. The van der Waals surface area contributed by atoms with Crippen molar-refractivity contribution in [2.45, 2.75) is 51.9 Å². The van der Waals surface area contributed by atoms with Crippen LogP contribution in [0, 0.1) is 24.7 Å². The van der Waals surface area contributed by atoms with Crippen LogP contribution in [0.5, 0.6) is 0 Å². The molecule has 2 fully saturated rings. The number of benzene rings is 3. The molecule has 0 radical (unpaired) electrons. The third-order valence-electron chi connectivity index (χ3n) is 9.45. The maximum atomic E-state index is 13.7. The first-order valence-electron chi connectivity index (χ1n) is 15.5. The van der Waals surface area contributed by atoms with Gasteiger partial charge in [-0.2, -0.15) is 0 Å². The van der Waals surface area contributed by atoms with Crippen LogP contribution in [-0.2, 0) is 12.8 Å². The van der Waals surface area contributed by atoms with E-state index in [-0.39, 0.29) is 23.4 Å². The number of halogens is 1. The number of furan rings is 1. The van der Waals surface area contributed by atoms with Gasteiger partial charge in [-0.25, -0.2) is 0 Å². The highest BCUT2D eigenvalue weighted by atomic mass is 35.5. The first-order chi connectivity index (χ1) is 20.9. The van der Waals surface area contributed by atoms with Crippen LogP contribution >= 0.6 is 11.6 Å². The molecule has 1 saturated carbocycles. The third-order valence-corrected chi connectivity index (χ3v) is 9.70. The minimum absolute atomic E-state index is 0.00594. The van der Waals surface area contributed by atoms with Crippen LogP contribution in [0.3, 0.4) is 0 Å². The lowest BCUT2D eigenvalue weighted by molar-refractivity contribution is 0.0738. The van der Waals surface area contributed by atoms with Crippen LogP contribution in [0.2, 0.25) is 5.02 Å². The minimum atomic E-state index is -0.299. The molecule has 1 aliphatic heterocycles. The Labute approximate surface area is 259 Å². The van der Waals surface area contributed by atoms with E-state index in [0.29, 0.717) is 23.1 Å². The highest BCUT2D eigenvalue weighted by Crippen LogP contribution is 2.40. The topological polar surface area (TPSA) is 62.6 Å². The SMILES string of the molecule is Cc1ccccc1N1CCC(CCc2ccc(C(=O)C3CCC3Cc3ccc(Cl)cc3)cc2NC(=O)c2ccco2)CC1. The molecule has 222 valence electrons. The Kier molecular flexibility index (Phi) is 8.99. The highest BCUT2D eigenvalue weighted by molar-refractivity contribution is 6.30. The molecule has 1 aromatic heterocycles. The summed E-state index contributed by atoms with van der Waals surface area (Å²) >= 11 is 6.06. The molecule has 0 spiro atoms. The van der Waals surface area contributed by atoms with Crippen molar-refractivity contribution in [3.63, 3.8) is 0 Å². The lowest BCUT2D eigenvalue weighted by Crippen LogP contribution is -2.34. The van der Waals surface area contributed by atoms with E-state index in [9.17, 15) is 9.59 Å². The molecule has 2 aliphatic rings. The first kappa shape index (κ1) is 29.3. The Morgan fingerprint density at radius 3 is 2.42 bits per heavy atom. The van der Waals surface area contributed by atoms with Crippen LogP contribution in [-0.4, -0.2) is 24.8 Å². The van der Waals surface area contributed by atoms with Crippen LogP contribution < -0.4 is 10.2 Å². The molecule has 4 aromatic rings. The number of para-hydroxylation sites is 1. The van der Waals surface area contributed by atoms with Gasteiger partial charge in [0.25, 0.3) is 5.91 Å². The number of ketones is 1. The maximum Gasteiger partial charge on any atom is 0.291 e. The number of hydrogen-bond donors (Lipinski definition) is 1. The average molecular weight is 595 g/mol. The molecule has 3 aromatic carbocycles. The number of amides is 1. The summed E-state index contributed by atoms with van der Waals surface area (Å²) in [6, 6.07) is 25.8. The van der Waals surface area contributed by atoms with Gasteiger partial charge in [0.05, 0.1) is 6.26 Å².